The molecule has 0 aromatic heterocycles. The third-order valence-corrected chi connectivity index (χ3v) is 3.86. The topological polar surface area (TPSA) is 50.7 Å². The van der Waals surface area contributed by atoms with Crippen LogP contribution in [0, 0.1) is 5.92 Å². The van der Waals surface area contributed by atoms with Gasteiger partial charge in [-0.3, -0.25) is 0 Å². The summed E-state index contributed by atoms with van der Waals surface area (Å²) in [4.78, 5) is 0. The standard InChI is InChI=1S/C13H27NO3S/c1-11(10-18-2)6-14-7-12(15)8-16-9-13-4-3-5-17-13/h11-15H,3-10H2,1-2H3. The van der Waals surface area contributed by atoms with E-state index in [1.54, 1.807) is 0 Å². The van der Waals surface area contributed by atoms with E-state index >= 15 is 0 Å². The van der Waals surface area contributed by atoms with Gasteiger partial charge in [0.25, 0.3) is 0 Å². The predicted molar refractivity (Wildman–Crippen MR) is 76.2 cm³/mol. The number of aliphatic hydroxyl groups is 1. The van der Waals surface area contributed by atoms with Crippen LogP contribution < -0.4 is 5.32 Å². The second kappa shape index (κ2) is 10.0. The van der Waals surface area contributed by atoms with Crippen LogP contribution in [-0.4, -0.2) is 62.2 Å². The molecular formula is C13H27NO3S. The summed E-state index contributed by atoms with van der Waals surface area (Å²) in [6.07, 6.45) is 4.15. The lowest BCUT2D eigenvalue weighted by Gasteiger charge is -2.16. The van der Waals surface area contributed by atoms with Crippen LogP contribution in [0.15, 0.2) is 0 Å². The van der Waals surface area contributed by atoms with Gasteiger partial charge in [0.2, 0.25) is 0 Å². The Bertz CT molecular complexity index is 201. The first-order valence-electron chi connectivity index (χ1n) is 6.79. The molecule has 18 heavy (non-hydrogen) atoms. The second-order valence-electron chi connectivity index (χ2n) is 5.05. The van der Waals surface area contributed by atoms with E-state index < -0.39 is 6.10 Å². The third kappa shape index (κ3) is 7.59. The molecule has 5 heteroatoms. The third-order valence-electron chi connectivity index (χ3n) is 2.96. The van der Waals surface area contributed by atoms with Crippen molar-refractivity contribution in [1.82, 2.24) is 5.32 Å². The summed E-state index contributed by atoms with van der Waals surface area (Å²) in [6, 6.07) is 0. The van der Waals surface area contributed by atoms with Gasteiger partial charge in [-0.15, -0.1) is 0 Å². The van der Waals surface area contributed by atoms with Gasteiger partial charge in [-0.2, -0.15) is 11.8 Å². The summed E-state index contributed by atoms with van der Waals surface area (Å²) >= 11 is 1.86. The van der Waals surface area contributed by atoms with E-state index in [1.807, 2.05) is 11.8 Å². The highest BCUT2D eigenvalue weighted by molar-refractivity contribution is 7.98. The molecule has 0 radical (unpaired) electrons. The number of rotatable bonds is 10. The van der Waals surface area contributed by atoms with E-state index in [0.717, 1.165) is 31.7 Å². The highest BCUT2D eigenvalue weighted by Gasteiger charge is 2.16. The van der Waals surface area contributed by atoms with Gasteiger partial charge < -0.3 is 19.9 Å². The smallest absolute Gasteiger partial charge is 0.0897 e. The number of aliphatic hydroxyl groups excluding tert-OH is 1. The Kier molecular flexibility index (Phi) is 9.06. The van der Waals surface area contributed by atoms with E-state index in [2.05, 4.69) is 18.5 Å². The van der Waals surface area contributed by atoms with Crippen LogP contribution in [0.2, 0.25) is 0 Å². The minimum Gasteiger partial charge on any atom is -0.389 e. The van der Waals surface area contributed by atoms with Crippen molar-refractivity contribution < 1.29 is 14.6 Å². The van der Waals surface area contributed by atoms with E-state index in [1.165, 1.54) is 0 Å². The minimum absolute atomic E-state index is 0.242. The molecule has 108 valence electrons. The fraction of sp³-hybridized carbons (Fsp3) is 1.00. The summed E-state index contributed by atoms with van der Waals surface area (Å²) in [5.41, 5.74) is 0. The van der Waals surface area contributed by atoms with Crippen LogP contribution in [0.1, 0.15) is 19.8 Å². The zero-order valence-corrected chi connectivity index (χ0v) is 12.4. The molecule has 1 fully saturated rings. The number of hydrogen-bond acceptors (Lipinski definition) is 5. The normalized spacial score (nSPS) is 23.2. The molecule has 0 saturated carbocycles. The van der Waals surface area contributed by atoms with Crippen LogP contribution in [-0.2, 0) is 9.47 Å². The monoisotopic (exact) mass is 277 g/mol. The molecule has 1 heterocycles. The quantitative estimate of drug-likeness (QED) is 0.627. The van der Waals surface area contributed by atoms with E-state index in [9.17, 15) is 5.11 Å². The summed E-state index contributed by atoms with van der Waals surface area (Å²) in [5, 5.41) is 13.0. The fourth-order valence-electron chi connectivity index (χ4n) is 2.01. The number of thioether (sulfide) groups is 1. The Balaban J connectivity index is 1.91. The summed E-state index contributed by atoms with van der Waals surface area (Å²) in [7, 11) is 0. The second-order valence-corrected chi connectivity index (χ2v) is 5.96. The molecule has 2 N–H and O–H groups in total. The Hall–Kier alpha value is 0.190. The molecule has 3 unspecified atom stereocenters. The molecule has 0 aromatic carbocycles. The first-order valence-corrected chi connectivity index (χ1v) is 8.18. The van der Waals surface area contributed by atoms with Crippen LogP contribution in [0.25, 0.3) is 0 Å². The van der Waals surface area contributed by atoms with Gasteiger partial charge >= 0.3 is 0 Å². The average Bonchev–Trinajstić information content (AvgIpc) is 2.82. The Labute approximate surface area is 115 Å². The first-order chi connectivity index (χ1) is 8.72. The molecule has 0 aromatic rings. The van der Waals surface area contributed by atoms with Crippen LogP contribution in [0.4, 0.5) is 0 Å². The Morgan fingerprint density at radius 2 is 2.33 bits per heavy atom. The number of hydrogen-bond donors (Lipinski definition) is 2. The van der Waals surface area contributed by atoms with Crippen molar-refractivity contribution in [2.45, 2.75) is 32.0 Å². The highest BCUT2D eigenvalue weighted by atomic mass is 32.2. The molecule has 1 aliphatic heterocycles. The fourth-order valence-corrected chi connectivity index (χ4v) is 2.70. The lowest BCUT2D eigenvalue weighted by atomic mass is 10.2. The summed E-state index contributed by atoms with van der Waals surface area (Å²) in [6.45, 7) is 5.62. The van der Waals surface area contributed by atoms with Crippen LogP contribution in [0.3, 0.4) is 0 Å². The maximum absolute atomic E-state index is 9.73. The maximum atomic E-state index is 9.73. The summed E-state index contributed by atoms with van der Waals surface area (Å²) < 4.78 is 10.9. The molecule has 0 spiro atoms. The summed E-state index contributed by atoms with van der Waals surface area (Å²) in [5.74, 6) is 1.79. The van der Waals surface area contributed by atoms with Gasteiger partial charge in [0.15, 0.2) is 0 Å². The lowest BCUT2D eigenvalue weighted by molar-refractivity contribution is -0.0164. The van der Waals surface area contributed by atoms with Crippen molar-refractivity contribution in [2.24, 2.45) is 5.92 Å². The molecule has 3 atom stereocenters. The minimum atomic E-state index is -0.423. The molecule has 1 saturated heterocycles. The van der Waals surface area contributed by atoms with Crippen LogP contribution in [0.5, 0.6) is 0 Å². The average molecular weight is 277 g/mol. The Morgan fingerprint density at radius 3 is 3.00 bits per heavy atom. The van der Waals surface area contributed by atoms with E-state index in [-0.39, 0.29) is 6.10 Å². The van der Waals surface area contributed by atoms with Crippen molar-refractivity contribution in [3.8, 4) is 0 Å². The molecule has 0 bridgehead atoms. The molecular weight excluding hydrogens is 250 g/mol. The van der Waals surface area contributed by atoms with Gasteiger partial charge in [0.1, 0.15) is 0 Å². The zero-order chi connectivity index (χ0) is 13.2. The maximum Gasteiger partial charge on any atom is 0.0897 e. The van der Waals surface area contributed by atoms with E-state index in [0.29, 0.717) is 25.7 Å². The molecule has 1 aliphatic rings. The van der Waals surface area contributed by atoms with Crippen molar-refractivity contribution in [3.63, 3.8) is 0 Å². The van der Waals surface area contributed by atoms with E-state index in [4.69, 9.17) is 9.47 Å². The van der Waals surface area contributed by atoms with Crippen molar-refractivity contribution in [2.75, 3.05) is 44.9 Å². The highest BCUT2D eigenvalue weighted by Crippen LogP contribution is 2.11. The molecule has 1 rings (SSSR count). The van der Waals surface area contributed by atoms with Crippen molar-refractivity contribution in [1.29, 1.82) is 0 Å². The van der Waals surface area contributed by atoms with Crippen molar-refractivity contribution >= 4 is 11.8 Å². The number of nitrogens with one attached hydrogen (secondary N) is 1. The van der Waals surface area contributed by atoms with Gasteiger partial charge in [0, 0.05) is 13.2 Å². The predicted octanol–water partition coefficient (Wildman–Crippen LogP) is 1.13. The Morgan fingerprint density at radius 1 is 1.50 bits per heavy atom. The SMILES string of the molecule is CSCC(C)CNCC(O)COCC1CCCO1. The lowest BCUT2D eigenvalue weighted by Crippen LogP contribution is -2.34. The largest absolute Gasteiger partial charge is 0.389 e. The van der Waals surface area contributed by atoms with Crippen LogP contribution >= 0.6 is 11.8 Å². The van der Waals surface area contributed by atoms with Gasteiger partial charge in [0.05, 0.1) is 25.4 Å². The van der Waals surface area contributed by atoms with Crippen molar-refractivity contribution in [3.05, 3.63) is 0 Å². The molecule has 0 amide bonds. The first kappa shape index (κ1) is 16.2. The zero-order valence-electron chi connectivity index (χ0n) is 11.6. The van der Waals surface area contributed by atoms with Gasteiger partial charge in [-0.1, -0.05) is 6.92 Å². The number of ether oxygens (including phenoxy) is 2. The van der Waals surface area contributed by atoms with Gasteiger partial charge in [-0.25, -0.2) is 0 Å². The van der Waals surface area contributed by atoms with Gasteiger partial charge in [-0.05, 0) is 37.3 Å². The molecule has 4 nitrogen and oxygen atoms in total. The molecule has 0 aliphatic carbocycles.